The van der Waals surface area contributed by atoms with Crippen molar-refractivity contribution in [2.24, 2.45) is 5.10 Å². The number of hydrogen-bond acceptors (Lipinski definition) is 7. The van der Waals surface area contributed by atoms with E-state index in [0.29, 0.717) is 10.2 Å². The average molecular weight is 460 g/mol. The van der Waals surface area contributed by atoms with E-state index in [0.717, 1.165) is 5.56 Å². The molecule has 10 nitrogen and oxygen atoms in total. The first-order chi connectivity index (χ1) is 16.5. The molecule has 1 N–H and O–H groups in total. The maximum atomic E-state index is 12.7. The molecule has 0 unspecified atom stereocenters. The molecule has 172 valence electrons. The summed E-state index contributed by atoms with van der Waals surface area (Å²) in [6, 6.07) is 18.5. The lowest BCUT2D eigenvalue weighted by molar-refractivity contribution is -0.386. The fraction of sp³-hybridized carbons (Fsp3) is 0.125. The van der Waals surface area contributed by atoms with Crippen molar-refractivity contribution in [3.8, 4) is 11.5 Å². The van der Waals surface area contributed by atoms with Gasteiger partial charge in [-0.15, -0.1) is 4.68 Å². The molecule has 0 aliphatic heterocycles. The number of aromatic nitrogens is 2. The number of H-pyrrole nitrogens is 1. The third-order valence-electron chi connectivity index (χ3n) is 4.89. The van der Waals surface area contributed by atoms with Gasteiger partial charge in [-0.25, -0.2) is 4.79 Å². The van der Waals surface area contributed by atoms with Crippen molar-refractivity contribution in [3.63, 3.8) is 0 Å². The van der Waals surface area contributed by atoms with Gasteiger partial charge in [-0.3, -0.25) is 14.9 Å². The van der Waals surface area contributed by atoms with Crippen LogP contribution >= 0.6 is 0 Å². The largest absolute Gasteiger partial charge is 0.490 e. The highest BCUT2D eigenvalue weighted by molar-refractivity contribution is 5.83. The maximum Gasteiger partial charge on any atom is 0.349 e. The predicted octanol–water partition coefficient (Wildman–Crippen LogP) is 3.46. The van der Waals surface area contributed by atoms with Gasteiger partial charge in [-0.2, -0.15) is 5.10 Å². The molecule has 0 fully saturated rings. The van der Waals surface area contributed by atoms with Gasteiger partial charge in [0.25, 0.3) is 5.56 Å². The van der Waals surface area contributed by atoms with Crippen LogP contribution in [0, 0.1) is 10.1 Å². The molecule has 0 amide bonds. The van der Waals surface area contributed by atoms with Crippen LogP contribution in [0.3, 0.4) is 0 Å². The number of rotatable bonds is 8. The van der Waals surface area contributed by atoms with Gasteiger partial charge in [-0.05, 0) is 30.7 Å². The van der Waals surface area contributed by atoms with Crippen molar-refractivity contribution in [1.82, 2.24) is 9.66 Å². The number of hydrogen-bond donors (Lipinski definition) is 1. The number of nitrogens with zero attached hydrogens (tertiary/aromatic N) is 3. The topological polar surface area (TPSA) is 129 Å². The Hall–Kier alpha value is -4.73. The van der Waals surface area contributed by atoms with E-state index in [2.05, 4.69) is 10.1 Å². The number of benzene rings is 3. The molecule has 3 aromatic carbocycles. The summed E-state index contributed by atoms with van der Waals surface area (Å²) in [5.74, 6) is 0.127. The van der Waals surface area contributed by atoms with E-state index in [1.165, 1.54) is 18.3 Å². The van der Waals surface area contributed by atoms with Crippen LogP contribution < -0.4 is 20.7 Å². The van der Waals surface area contributed by atoms with Crippen LogP contribution in [0.15, 0.2) is 81.4 Å². The SMILES string of the molecule is CCOc1cc(C=Nn2c(=O)[nH]c3ccccc3c2=O)cc([N+](=O)[O-])c1OCc1ccccc1. The summed E-state index contributed by atoms with van der Waals surface area (Å²) < 4.78 is 12.0. The molecule has 4 rings (SSSR count). The smallest absolute Gasteiger partial charge is 0.349 e. The third kappa shape index (κ3) is 4.70. The molecule has 10 heteroatoms. The zero-order chi connectivity index (χ0) is 24.1. The first kappa shape index (κ1) is 22.5. The van der Waals surface area contributed by atoms with Crippen molar-refractivity contribution in [1.29, 1.82) is 0 Å². The van der Waals surface area contributed by atoms with E-state index in [4.69, 9.17) is 9.47 Å². The standard InChI is InChI=1S/C24H20N4O6/c1-2-33-21-13-17(12-20(28(31)32)22(21)34-15-16-8-4-3-5-9-16)14-25-27-23(29)18-10-6-7-11-19(18)26-24(27)30/h3-14H,2,15H2,1H3,(H,26,30). The summed E-state index contributed by atoms with van der Waals surface area (Å²) in [6.07, 6.45) is 1.18. The monoisotopic (exact) mass is 460 g/mol. The molecule has 0 aliphatic rings. The molecule has 0 bridgehead atoms. The summed E-state index contributed by atoms with van der Waals surface area (Å²) in [5.41, 5.74) is -0.206. The molecule has 0 spiro atoms. The van der Waals surface area contributed by atoms with Crippen molar-refractivity contribution >= 4 is 22.8 Å². The van der Waals surface area contributed by atoms with Gasteiger partial charge < -0.3 is 14.5 Å². The Morgan fingerprint density at radius 2 is 1.79 bits per heavy atom. The zero-order valence-corrected chi connectivity index (χ0v) is 18.1. The second-order valence-corrected chi connectivity index (χ2v) is 7.17. The summed E-state index contributed by atoms with van der Waals surface area (Å²) >= 11 is 0. The lowest BCUT2D eigenvalue weighted by Gasteiger charge is -2.13. The highest BCUT2D eigenvalue weighted by atomic mass is 16.6. The molecule has 1 aromatic heterocycles. The number of aromatic amines is 1. The maximum absolute atomic E-state index is 12.7. The van der Waals surface area contributed by atoms with Gasteiger partial charge in [0.15, 0.2) is 5.75 Å². The first-order valence-electron chi connectivity index (χ1n) is 10.4. The summed E-state index contributed by atoms with van der Waals surface area (Å²) in [5, 5.41) is 16.0. The molecule has 0 saturated carbocycles. The normalized spacial score (nSPS) is 11.1. The van der Waals surface area contributed by atoms with E-state index in [1.807, 2.05) is 30.3 Å². The molecule has 4 aromatic rings. The number of nitro benzene ring substituents is 1. The summed E-state index contributed by atoms with van der Waals surface area (Å²) in [4.78, 5) is 38.8. The molecular formula is C24H20N4O6. The van der Waals surface area contributed by atoms with Gasteiger partial charge >= 0.3 is 11.4 Å². The number of fused-ring (bicyclic) bond motifs is 1. The minimum atomic E-state index is -0.734. The van der Waals surface area contributed by atoms with Gasteiger partial charge in [-0.1, -0.05) is 42.5 Å². The molecular weight excluding hydrogens is 440 g/mol. The molecule has 1 heterocycles. The minimum Gasteiger partial charge on any atom is -0.490 e. The Labute approximate surface area is 192 Å². The van der Waals surface area contributed by atoms with Crippen molar-refractivity contribution < 1.29 is 14.4 Å². The molecule has 0 aliphatic carbocycles. The van der Waals surface area contributed by atoms with Crippen molar-refractivity contribution in [2.45, 2.75) is 13.5 Å². The number of ether oxygens (including phenoxy) is 2. The van der Waals surface area contributed by atoms with Gasteiger partial charge in [0, 0.05) is 11.6 Å². The van der Waals surface area contributed by atoms with Crippen LogP contribution in [0.25, 0.3) is 10.9 Å². The van der Waals surface area contributed by atoms with Crippen LogP contribution in [0.5, 0.6) is 11.5 Å². The van der Waals surface area contributed by atoms with Crippen molar-refractivity contribution in [2.75, 3.05) is 6.61 Å². The average Bonchev–Trinajstić information content (AvgIpc) is 2.83. The number of nitrogens with one attached hydrogen (secondary N) is 1. The third-order valence-corrected chi connectivity index (χ3v) is 4.89. The summed E-state index contributed by atoms with van der Waals surface area (Å²) in [7, 11) is 0. The van der Waals surface area contributed by atoms with Gasteiger partial charge in [0.05, 0.1) is 28.6 Å². The zero-order valence-electron chi connectivity index (χ0n) is 18.1. The van der Waals surface area contributed by atoms with Gasteiger partial charge in [0.1, 0.15) is 6.61 Å². The number of nitro groups is 1. The Morgan fingerprint density at radius 3 is 2.53 bits per heavy atom. The lowest BCUT2D eigenvalue weighted by atomic mass is 10.1. The number of para-hydroxylation sites is 1. The fourth-order valence-electron chi connectivity index (χ4n) is 3.34. The van der Waals surface area contributed by atoms with Crippen LogP contribution in [0.1, 0.15) is 18.1 Å². The second-order valence-electron chi connectivity index (χ2n) is 7.17. The van der Waals surface area contributed by atoms with E-state index >= 15 is 0 Å². The molecule has 34 heavy (non-hydrogen) atoms. The van der Waals surface area contributed by atoms with E-state index in [1.54, 1.807) is 31.2 Å². The lowest BCUT2D eigenvalue weighted by Crippen LogP contribution is -2.32. The molecule has 0 radical (unpaired) electrons. The van der Waals surface area contributed by atoms with Crippen LogP contribution in [0.4, 0.5) is 5.69 Å². The highest BCUT2D eigenvalue weighted by Gasteiger charge is 2.22. The summed E-state index contributed by atoms with van der Waals surface area (Å²) in [6.45, 7) is 2.09. The minimum absolute atomic E-state index is 0.0198. The Morgan fingerprint density at radius 1 is 1.06 bits per heavy atom. The second kappa shape index (κ2) is 9.82. The Kier molecular flexibility index (Phi) is 6.49. The van der Waals surface area contributed by atoms with Crippen LogP contribution in [-0.4, -0.2) is 27.4 Å². The first-order valence-corrected chi connectivity index (χ1v) is 10.4. The van der Waals surface area contributed by atoms with E-state index in [9.17, 15) is 19.7 Å². The van der Waals surface area contributed by atoms with Gasteiger partial charge in [0.2, 0.25) is 5.75 Å². The molecule has 0 saturated heterocycles. The van der Waals surface area contributed by atoms with E-state index < -0.39 is 16.2 Å². The van der Waals surface area contributed by atoms with E-state index in [-0.39, 0.29) is 41.3 Å². The Bertz CT molecular complexity index is 1490. The molecule has 0 atom stereocenters. The Balaban J connectivity index is 1.73. The predicted molar refractivity (Wildman–Crippen MR) is 127 cm³/mol. The fourth-order valence-corrected chi connectivity index (χ4v) is 3.34. The van der Waals surface area contributed by atoms with Crippen molar-refractivity contribution in [3.05, 3.63) is 109 Å². The quantitative estimate of drug-likeness (QED) is 0.244. The van der Waals surface area contributed by atoms with Crippen LogP contribution in [-0.2, 0) is 6.61 Å². The van der Waals surface area contributed by atoms with Crippen LogP contribution in [0.2, 0.25) is 0 Å². The highest BCUT2D eigenvalue weighted by Crippen LogP contribution is 2.38.